The lowest BCUT2D eigenvalue weighted by atomic mass is 10.2. The molecule has 0 aliphatic heterocycles. The topological polar surface area (TPSA) is 68.0 Å². The molecule has 0 saturated heterocycles. The Morgan fingerprint density at radius 1 is 1.13 bits per heavy atom. The largest absolute Gasteiger partial charge is 0.399 e. The molecule has 0 aliphatic carbocycles. The fraction of sp³-hybridized carbons (Fsp3) is 0. The molecule has 0 spiro atoms. The number of nitrogens with two attached hydrogens (primary N) is 1. The van der Waals surface area contributed by atoms with Gasteiger partial charge < -0.3 is 5.73 Å². The van der Waals surface area contributed by atoms with Crippen LogP contribution >= 0.6 is 34.3 Å². The average molecular weight is 360 g/mol. The number of aromatic nitrogens is 1. The SMILES string of the molecule is Nc1ccc2sc(NC(=O)c3sc4ccccc4c3Cl)nc2c1. The third-order valence-corrected chi connectivity index (χ3v) is 6.00. The van der Waals surface area contributed by atoms with Gasteiger partial charge in [-0.25, -0.2) is 4.98 Å². The summed E-state index contributed by atoms with van der Waals surface area (Å²) in [4.78, 5) is 17.4. The summed E-state index contributed by atoms with van der Waals surface area (Å²) in [6.07, 6.45) is 0. The first-order valence-electron chi connectivity index (χ1n) is 6.76. The van der Waals surface area contributed by atoms with Gasteiger partial charge in [0.1, 0.15) is 4.88 Å². The highest BCUT2D eigenvalue weighted by atomic mass is 35.5. The number of carbonyl (C=O) groups is 1. The normalized spacial score (nSPS) is 11.2. The first-order chi connectivity index (χ1) is 11.1. The van der Waals surface area contributed by atoms with Crippen LogP contribution in [0.25, 0.3) is 20.3 Å². The fourth-order valence-corrected chi connectivity index (χ4v) is 4.57. The van der Waals surface area contributed by atoms with Gasteiger partial charge in [-0.05, 0) is 24.3 Å². The minimum absolute atomic E-state index is 0.247. The van der Waals surface area contributed by atoms with Crippen LogP contribution in [0.15, 0.2) is 42.5 Å². The second-order valence-corrected chi connectivity index (χ2v) is 7.40. The number of rotatable bonds is 2. The molecular weight excluding hydrogens is 350 g/mol. The van der Waals surface area contributed by atoms with Crippen LogP contribution in [0.1, 0.15) is 9.67 Å². The van der Waals surface area contributed by atoms with E-state index >= 15 is 0 Å². The number of hydrogen-bond acceptors (Lipinski definition) is 5. The van der Waals surface area contributed by atoms with Gasteiger partial charge in [-0.3, -0.25) is 10.1 Å². The third-order valence-electron chi connectivity index (χ3n) is 3.37. The summed E-state index contributed by atoms with van der Waals surface area (Å²) < 4.78 is 1.96. The number of nitrogens with zero attached hydrogens (tertiary/aromatic N) is 1. The summed E-state index contributed by atoms with van der Waals surface area (Å²) in [6.45, 7) is 0. The van der Waals surface area contributed by atoms with Gasteiger partial charge in [0, 0.05) is 15.8 Å². The van der Waals surface area contributed by atoms with Crippen LogP contribution in [-0.2, 0) is 0 Å². The molecule has 23 heavy (non-hydrogen) atoms. The Bertz CT molecular complexity index is 1050. The van der Waals surface area contributed by atoms with E-state index in [2.05, 4.69) is 10.3 Å². The van der Waals surface area contributed by atoms with E-state index < -0.39 is 0 Å². The molecule has 2 heterocycles. The molecule has 0 bridgehead atoms. The van der Waals surface area contributed by atoms with Crippen molar-refractivity contribution in [2.24, 2.45) is 0 Å². The standard InChI is InChI=1S/C16H10ClN3OS2/c17-13-9-3-1-2-4-11(9)22-14(13)15(21)20-16-19-10-7-8(18)5-6-12(10)23-16/h1-7H,18H2,(H,19,20,21). The second kappa shape index (κ2) is 5.49. The van der Waals surface area contributed by atoms with Gasteiger partial charge in [-0.15, -0.1) is 11.3 Å². The van der Waals surface area contributed by atoms with E-state index in [1.807, 2.05) is 36.4 Å². The van der Waals surface area contributed by atoms with Crippen LogP contribution in [0.2, 0.25) is 5.02 Å². The number of carbonyl (C=O) groups excluding carboxylic acids is 1. The van der Waals surface area contributed by atoms with Crippen molar-refractivity contribution in [3.8, 4) is 0 Å². The average Bonchev–Trinajstić information content (AvgIpc) is 3.08. The molecular formula is C16H10ClN3OS2. The van der Waals surface area contributed by atoms with Crippen LogP contribution in [0, 0.1) is 0 Å². The molecule has 1 amide bonds. The molecule has 0 fully saturated rings. The van der Waals surface area contributed by atoms with Crippen LogP contribution < -0.4 is 11.1 Å². The van der Waals surface area contributed by atoms with Gasteiger partial charge in [0.2, 0.25) is 0 Å². The lowest BCUT2D eigenvalue weighted by molar-refractivity contribution is 0.103. The quantitative estimate of drug-likeness (QED) is 0.495. The van der Waals surface area contributed by atoms with Crippen molar-refractivity contribution in [1.29, 1.82) is 0 Å². The van der Waals surface area contributed by atoms with Crippen molar-refractivity contribution in [3.63, 3.8) is 0 Å². The van der Waals surface area contributed by atoms with Crippen LogP contribution in [0.3, 0.4) is 0 Å². The highest BCUT2D eigenvalue weighted by Crippen LogP contribution is 2.36. The van der Waals surface area contributed by atoms with E-state index in [4.69, 9.17) is 17.3 Å². The number of halogens is 1. The Labute approximate surface area is 144 Å². The number of amides is 1. The smallest absolute Gasteiger partial charge is 0.269 e. The zero-order chi connectivity index (χ0) is 16.0. The summed E-state index contributed by atoms with van der Waals surface area (Å²) in [5.41, 5.74) is 7.17. The van der Waals surface area contributed by atoms with Gasteiger partial charge in [-0.1, -0.05) is 41.1 Å². The van der Waals surface area contributed by atoms with E-state index in [9.17, 15) is 4.79 Å². The molecule has 4 rings (SSSR count). The third kappa shape index (κ3) is 2.55. The molecule has 114 valence electrons. The van der Waals surface area contributed by atoms with Crippen molar-refractivity contribution >= 4 is 71.3 Å². The van der Waals surface area contributed by atoms with E-state index in [1.165, 1.54) is 22.7 Å². The van der Waals surface area contributed by atoms with Gasteiger partial charge >= 0.3 is 0 Å². The Kier molecular flexibility index (Phi) is 3.45. The Balaban J connectivity index is 1.69. The minimum atomic E-state index is -0.247. The Morgan fingerprint density at radius 2 is 1.96 bits per heavy atom. The fourth-order valence-electron chi connectivity index (χ4n) is 2.31. The van der Waals surface area contributed by atoms with E-state index in [0.717, 1.165) is 20.3 Å². The number of fused-ring (bicyclic) bond motifs is 2. The lowest BCUT2D eigenvalue weighted by Crippen LogP contribution is -2.10. The number of thiazole rings is 1. The molecule has 3 N–H and O–H groups in total. The maximum atomic E-state index is 12.5. The van der Waals surface area contributed by atoms with Crippen molar-refractivity contribution in [1.82, 2.24) is 4.98 Å². The predicted molar refractivity (Wildman–Crippen MR) is 98.8 cm³/mol. The van der Waals surface area contributed by atoms with Crippen LogP contribution in [0.4, 0.5) is 10.8 Å². The van der Waals surface area contributed by atoms with Crippen LogP contribution in [0.5, 0.6) is 0 Å². The highest BCUT2D eigenvalue weighted by molar-refractivity contribution is 7.23. The number of benzene rings is 2. The van der Waals surface area contributed by atoms with Crippen molar-refractivity contribution < 1.29 is 4.79 Å². The van der Waals surface area contributed by atoms with E-state index in [0.29, 0.717) is 20.7 Å². The first kappa shape index (κ1) is 14.4. The molecule has 4 aromatic rings. The summed E-state index contributed by atoms with van der Waals surface area (Å²) >= 11 is 9.11. The van der Waals surface area contributed by atoms with E-state index in [1.54, 1.807) is 6.07 Å². The van der Waals surface area contributed by atoms with Gasteiger partial charge in [0.15, 0.2) is 5.13 Å². The van der Waals surface area contributed by atoms with Crippen molar-refractivity contribution in [2.45, 2.75) is 0 Å². The summed E-state index contributed by atoms with van der Waals surface area (Å²) in [5, 5.41) is 4.72. The van der Waals surface area contributed by atoms with Gasteiger partial charge in [0.25, 0.3) is 5.91 Å². The Morgan fingerprint density at radius 3 is 2.78 bits per heavy atom. The molecule has 0 aliphatic rings. The monoisotopic (exact) mass is 359 g/mol. The Hall–Kier alpha value is -2.15. The summed E-state index contributed by atoms with van der Waals surface area (Å²) in [6, 6.07) is 13.2. The van der Waals surface area contributed by atoms with Crippen molar-refractivity contribution in [3.05, 3.63) is 52.4 Å². The molecule has 7 heteroatoms. The van der Waals surface area contributed by atoms with Gasteiger partial charge in [0.05, 0.1) is 15.2 Å². The van der Waals surface area contributed by atoms with Crippen molar-refractivity contribution in [2.75, 3.05) is 11.1 Å². The minimum Gasteiger partial charge on any atom is -0.399 e. The maximum Gasteiger partial charge on any atom is 0.269 e. The molecule has 2 aromatic heterocycles. The number of nitrogens with one attached hydrogen (secondary N) is 1. The lowest BCUT2D eigenvalue weighted by Gasteiger charge is -1.98. The zero-order valence-electron chi connectivity index (χ0n) is 11.7. The summed E-state index contributed by atoms with van der Waals surface area (Å²) in [5.74, 6) is -0.247. The molecule has 2 aromatic carbocycles. The molecule has 0 saturated carbocycles. The molecule has 0 atom stereocenters. The number of anilines is 2. The maximum absolute atomic E-state index is 12.5. The molecule has 4 nitrogen and oxygen atoms in total. The van der Waals surface area contributed by atoms with Gasteiger partial charge in [-0.2, -0.15) is 0 Å². The van der Waals surface area contributed by atoms with E-state index in [-0.39, 0.29) is 5.91 Å². The second-order valence-electron chi connectivity index (χ2n) is 4.94. The molecule has 0 unspecified atom stereocenters. The highest BCUT2D eigenvalue weighted by Gasteiger charge is 2.18. The molecule has 0 radical (unpaired) electrons. The van der Waals surface area contributed by atoms with Crippen LogP contribution in [-0.4, -0.2) is 10.9 Å². The number of thiophene rings is 1. The number of hydrogen-bond donors (Lipinski definition) is 2. The first-order valence-corrected chi connectivity index (χ1v) is 8.77. The number of nitrogen functional groups attached to an aromatic ring is 1. The zero-order valence-corrected chi connectivity index (χ0v) is 14.1. The predicted octanol–water partition coefficient (Wildman–Crippen LogP) is 5.00. The summed E-state index contributed by atoms with van der Waals surface area (Å²) in [7, 11) is 0.